The summed E-state index contributed by atoms with van der Waals surface area (Å²) in [4.78, 5) is 13.1. The van der Waals surface area contributed by atoms with Crippen molar-refractivity contribution in [3.63, 3.8) is 0 Å². The predicted molar refractivity (Wildman–Crippen MR) is 73.5 cm³/mol. The molecule has 0 bridgehead atoms. The lowest BCUT2D eigenvalue weighted by molar-refractivity contribution is 0.256. The summed E-state index contributed by atoms with van der Waals surface area (Å²) < 4.78 is 16.1. The van der Waals surface area contributed by atoms with Crippen LogP contribution in [0.1, 0.15) is 13.9 Å². The third-order valence-electron chi connectivity index (χ3n) is 2.84. The molecule has 2 amide bonds. The fourth-order valence-corrected chi connectivity index (χ4v) is 2.05. The Balaban J connectivity index is 2.39. The second-order valence-electron chi connectivity index (χ2n) is 3.96. The molecule has 3 heteroatoms. The number of rotatable bonds is 0. The van der Waals surface area contributed by atoms with Gasteiger partial charge in [0.1, 0.15) is 0 Å². The molecule has 0 fully saturated rings. The van der Waals surface area contributed by atoms with E-state index in [4.69, 9.17) is 8.48 Å². The Bertz CT molecular complexity index is 685. The van der Waals surface area contributed by atoms with Crippen LogP contribution in [-0.4, -0.2) is 6.03 Å². The van der Waals surface area contributed by atoms with Crippen molar-refractivity contribution in [2.24, 2.45) is 5.73 Å². The second kappa shape index (κ2) is 4.04. The molecule has 18 heavy (non-hydrogen) atoms. The first-order valence-electron chi connectivity index (χ1n) is 6.56. The largest absolute Gasteiger partial charge is 0.351 e. The minimum atomic E-state index is -0.699. The number of hydrogen-bond acceptors (Lipinski definition) is 1. The molecule has 1 aliphatic rings. The van der Waals surface area contributed by atoms with Gasteiger partial charge in [-0.1, -0.05) is 48.6 Å². The molecule has 88 valence electrons. The SMILES string of the molecule is [2H]c1cccc2c1N(C([15NH2])=O)c1c([2H])cccc1C=C2. The number of carbonyl (C=O) groups is 1. The molecular weight excluding hydrogens is 225 g/mol. The van der Waals surface area contributed by atoms with E-state index in [-0.39, 0.29) is 12.1 Å². The van der Waals surface area contributed by atoms with Gasteiger partial charge >= 0.3 is 6.03 Å². The smallest absolute Gasteiger partial charge is 0.323 e. The normalized spacial score (nSPS) is 14.1. The van der Waals surface area contributed by atoms with Crippen LogP contribution in [0.5, 0.6) is 0 Å². The van der Waals surface area contributed by atoms with Gasteiger partial charge in [0.2, 0.25) is 0 Å². The summed E-state index contributed by atoms with van der Waals surface area (Å²) >= 11 is 0. The monoisotopic (exact) mass is 239 g/mol. The highest BCUT2D eigenvalue weighted by molar-refractivity contribution is 6.04. The number of nitrogens with two attached hydrogens (primary N) is 1. The van der Waals surface area contributed by atoms with Gasteiger partial charge in [-0.05, 0) is 23.2 Å². The molecule has 2 aromatic rings. The van der Waals surface area contributed by atoms with Crippen LogP contribution in [0.4, 0.5) is 16.2 Å². The Labute approximate surface area is 108 Å². The minimum absolute atomic E-state index is 0.196. The van der Waals surface area contributed by atoms with Gasteiger partial charge in [-0.2, -0.15) is 0 Å². The fourth-order valence-electron chi connectivity index (χ4n) is 2.05. The Morgan fingerprint density at radius 2 is 1.50 bits per heavy atom. The van der Waals surface area contributed by atoms with Crippen LogP contribution in [0.3, 0.4) is 0 Å². The lowest BCUT2D eigenvalue weighted by Crippen LogP contribution is -2.32. The highest BCUT2D eigenvalue weighted by atomic mass is 16.2. The third kappa shape index (κ3) is 1.57. The topological polar surface area (TPSA) is 46.3 Å². The van der Waals surface area contributed by atoms with E-state index in [1.807, 2.05) is 24.3 Å². The molecule has 0 saturated heterocycles. The predicted octanol–water partition coefficient (Wildman–Crippen LogP) is 3.39. The lowest BCUT2D eigenvalue weighted by atomic mass is 10.1. The molecule has 0 saturated carbocycles. The number of benzene rings is 2. The summed E-state index contributed by atoms with van der Waals surface area (Å²) in [5.74, 6) is 0. The van der Waals surface area contributed by atoms with E-state index in [2.05, 4.69) is 0 Å². The molecule has 1 aliphatic heterocycles. The van der Waals surface area contributed by atoms with E-state index >= 15 is 0 Å². The highest BCUT2D eigenvalue weighted by Crippen LogP contribution is 2.35. The molecule has 0 aromatic heterocycles. The van der Waals surface area contributed by atoms with E-state index in [1.165, 1.54) is 4.90 Å². The average Bonchev–Trinajstić information content (AvgIpc) is 2.58. The van der Waals surface area contributed by atoms with Crippen LogP contribution >= 0.6 is 0 Å². The minimum Gasteiger partial charge on any atom is -0.351 e. The highest BCUT2D eigenvalue weighted by Gasteiger charge is 2.21. The number of hydrogen-bond donors (Lipinski definition) is 1. The van der Waals surface area contributed by atoms with Crippen molar-refractivity contribution >= 4 is 29.6 Å². The summed E-state index contributed by atoms with van der Waals surface area (Å²) in [6.07, 6.45) is 3.66. The number of urea groups is 1. The van der Waals surface area contributed by atoms with Gasteiger partial charge < -0.3 is 5.73 Å². The summed E-state index contributed by atoms with van der Waals surface area (Å²) in [5.41, 5.74) is 7.78. The van der Waals surface area contributed by atoms with Gasteiger partial charge in [0.05, 0.1) is 14.1 Å². The van der Waals surface area contributed by atoms with Gasteiger partial charge in [-0.15, -0.1) is 0 Å². The van der Waals surface area contributed by atoms with Crippen molar-refractivity contribution in [1.29, 1.82) is 0 Å². The average molecular weight is 239 g/mol. The molecule has 3 nitrogen and oxygen atoms in total. The number of primary amides is 1. The quantitative estimate of drug-likeness (QED) is 0.704. The zero-order valence-corrected chi connectivity index (χ0v) is 9.55. The Morgan fingerprint density at radius 3 is 1.94 bits per heavy atom. The Morgan fingerprint density at radius 1 is 1.00 bits per heavy atom. The van der Waals surface area contributed by atoms with Gasteiger partial charge in [0, 0.05) is 0 Å². The summed E-state index contributed by atoms with van der Waals surface area (Å²) in [7, 11) is 0. The lowest BCUT2D eigenvalue weighted by Gasteiger charge is -2.22. The Hall–Kier alpha value is -2.55. The maximum Gasteiger partial charge on any atom is 0.323 e. The molecule has 0 unspecified atom stereocenters. The number of amides is 2. The maximum absolute atomic E-state index is 11.9. The van der Waals surface area contributed by atoms with E-state index in [1.54, 1.807) is 24.3 Å². The molecular formula is C15H12N2O. The van der Waals surface area contributed by atoms with Gasteiger partial charge in [-0.25, -0.2) is 4.79 Å². The van der Waals surface area contributed by atoms with Gasteiger partial charge in [0.15, 0.2) is 0 Å². The van der Waals surface area contributed by atoms with Crippen LogP contribution < -0.4 is 10.6 Å². The molecule has 0 spiro atoms. The molecule has 0 atom stereocenters. The van der Waals surface area contributed by atoms with E-state index in [9.17, 15) is 4.79 Å². The van der Waals surface area contributed by atoms with Crippen LogP contribution in [0.15, 0.2) is 48.5 Å². The molecule has 0 aliphatic carbocycles. The first kappa shape index (κ1) is 8.53. The number of anilines is 2. The van der Waals surface area contributed by atoms with Gasteiger partial charge in [0.25, 0.3) is 0 Å². The number of nitrogens with zero attached hydrogens (tertiary/aromatic N) is 1. The van der Waals surface area contributed by atoms with Crippen LogP contribution in [0, 0.1) is 0 Å². The van der Waals surface area contributed by atoms with E-state index < -0.39 is 6.03 Å². The summed E-state index contributed by atoms with van der Waals surface area (Å²) in [6.45, 7) is 0. The number of fused-ring (bicyclic) bond motifs is 2. The van der Waals surface area contributed by atoms with Crippen molar-refractivity contribution in [3.8, 4) is 0 Å². The van der Waals surface area contributed by atoms with Crippen molar-refractivity contribution in [2.45, 2.75) is 0 Å². The van der Waals surface area contributed by atoms with Crippen molar-refractivity contribution in [3.05, 3.63) is 59.6 Å². The zero-order chi connectivity index (χ0) is 14.3. The van der Waals surface area contributed by atoms with Gasteiger partial charge in [-0.3, -0.25) is 4.90 Å². The standard InChI is InChI=1S/C15H12N2O/c16-15(18)17-13-7-3-1-5-11(13)9-10-12-6-2-4-8-14(12)17/h1-10H,(H2,16,18)/i7D,8D,16+1. The third-order valence-corrected chi connectivity index (χ3v) is 2.84. The Kier molecular flexibility index (Phi) is 1.91. The van der Waals surface area contributed by atoms with Crippen LogP contribution in [0.2, 0.25) is 0 Å². The van der Waals surface area contributed by atoms with Crippen LogP contribution in [0.25, 0.3) is 12.2 Å². The van der Waals surface area contributed by atoms with Crippen LogP contribution in [-0.2, 0) is 0 Å². The number of para-hydroxylation sites is 2. The maximum atomic E-state index is 11.9. The summed E-state index contributed by atoms with van der Waals surface area (Å²) in [5, 5.41) is 0. The van der Waals surface area contributed by atoms with Crippen molar-refractivity contribution in [1.82, 2.24) is 0 Å². The number of carbonyl (C=O) groups excluding carboxylic acids is 1. The van der Waals surface area contributed by atoms with Crippen molar-refractivity contribution < 1.29 is 7.54 Å². The van der Waals surface area contributed by atoms with E-state index in [0.29, 0.717) is 11.4 Å². The first-order valence-corrected chi connectivity index (χ1v) is 5.56. The molecule has 0 radical (unpaired) electrons. The van der Waals surface area contributed by atoms with E-state index in [0.717, 1.165) is 11.1 Å². The van der Waals surface area contributed by atoms with Crippen molar-refractivity contribution in [2.75, 3.05) is 4.90 Å². The molecule has 2 N–H and O–H groups in total. The second-order valence-corrected chi connectivity index (χ2v) is 3.96. The first-order chi connectivity index (χ1) is 9.59. The molecule has 1 heterocycles. The molecule has 2 aromatic carbocycles. The summed E-state index contributed by atoms with van der Waals surface area (Å²) in [6, 6.07) is 10.0. The fraction of sp³-hybridized carbons (Fsp3) is 0. The molecule has 3 rings (SSSR count). The zero-order valence-electron chi connectivity index (χ0n) is 11.6.